The molecule has 1 heterocycles. The molecule has 2 aromatic rings. The van der Waals surface area contributed by atoms with Crippen molar-refractivity contribution >= 4 is 0 Å². The Morgan fingerprint density at radius 2 is 1.29 bits per heavy atom. The van der Waals surface area contributed by atoms with Crippen LogP contribution < -0.4 is 0 Å². The van der Waals surface area contributed by atoms with Gasteiger partial charge >= 0.3 is 0 Å². The van der Waals surface area contributed by atoms with E-state index in [0.29, 0.717) is 42.2 Å². The van der Waals surface area contributed by atoms with Gasteiger partial charge in [-0.25, -0.2) is 8.78 Å². The second kappa shape index (κ2) is 15.4. The number of aryl methyl sites for hydroxylation is 1. The average Bonchev–Trinajstić information content (AvgIpc) is 2.89. The van der Waals surface area contributed by atoms with E-state index in [4.69, 9.17) is 9.47 Å². The van der Waals surface area contributed by atoms with E-state index >= 15 is 0 Å². The van der Waals surface area contributed by atoms with Crippen molar-refractivity contribution in [2.75, 3.05) is 13.2 Å². The van der Waals surface area contributed by atoms with E-state index in [-0.39, 0.29) is 6.29 Å². The minimum Gasteiger partial charge on any atom is -0.348 e. The van der Waals surface area contributed by atoms with Crippen LogP contribution in [0.4, 0.5) is 8.78 Å². The Bertz CT molecular complexity index is 857. The Hall–Kier alpha value is -1.78. The highest BCUT2D eigenvalue weighted by Crippen LogP contribution is 2.31. The Morgan fingerprint density at radius 3 is 1.94 bits per heavy atom. The summed E-state index contributed by atoms with van der Waals surface area (Å²) in [7, 11) is 0. The molecular weight excluding hydrogens is 442 g/mol. The first kappa shape index (κ1) is 27.8. The number of unbranched alkanes of at least 4 members (excludes halogenated alkanes) is 9. The monoisotopic (exact) mass is 486 g/mol. The predicted octanol–water partition coefficient (Wildman–Crippen LogP) is 9.56. The van der Waals surface area contributed by atoms with Gasteiger partial charge in [0.15, 0.2) is 17.9 Å². The molecule has 0 radical (unpaired) electrons. The molecule has 1 aliphatic rings. The average molecular weight is 487 g/mol. The van der Waals surface area contributed by atoms with Crippen molar-refractivity contribution in [1.29, 1.82) is 0 Å². The summed E-state index contributed by atoms with van der Waals surface area (Å²) in [5.41, 5.74) is 2.35. The summed E-state index contributed by atoms with van der Waals surface area (Å²) in [6.07, 6.45) is 14.6. The SMILES string of the molecule is CCCCCCCCc1ccc(-c2ccc(C3OCC(CCCCCCC)CO3)cc2)c(F)c1F. The van der Waals surface area contributed by atoms with E-state index in [1.807, 2.05) is 24.3 Å². The van der Waals surface area contributed by atoms with Crippen LogP contribution in [0.25, 0.3) is 11.1 Å². The smallest absolute Gasteiger partial charge is 0.183 e. The molecule has 1 aliphatic heterocycles. The lowest BCUT2D eigenvalue weighted by atomic mass is 9.98. The fraction of sp³-hybridized carbons (Fsp3) is 0.613. The van der Waals surface area contributed by atoms with Gasteiger partial charge in [-0.2, -0.15) is 0 Å². The van der Waals surface area contributed by atoms with Gasteiger partial charge in [0.1, 0.15) is 0 Å². The number of hydrogen-bond acceptors (Lipinski definition) is 2. The highest BCUT2D eigenvalue weighted by Gasteiger charge is 2.23. The third kappa shape index (κ3) is 8.68. The first-order valence-corrected chi connectivity index (χ1v) is 13.9. The molecule has 0 aliphatic carbocycles. The van der Waals surface area contributed by atoms with Crippen LogP contribution in [-0.4, -0.2) is 13.2 Å². The lowest BCUT2D eigenvalue weighted by molar-refractivity contribution is -0.206. The van der Waals surface area contributed by atoms with Gasteiger partial charge in [-0.15, -0.1) is 0 Å². The zero-order valence-electron chi connectivity index (χ0n) is 21.8. The molecule has 0 unspecified atom stereocenters. The van der Waals surface area contributed by atoms with E-state index in [1.54, 1.807) is 12.1 Å². The van der Waals surface area contributed by atoms with Crippen molar-refractivity contribution in [2.45, 2.75) is 104 Å². The molecule has 0 bridgehead atoms. The molecule has 0 amide bonds. The molecule has 3 rings (SSSR count). The summed E-state index contributed by atoms with van der Waals surface area (Å²) in [6, 6.07) is 10.9. The fourth-order valence-corrected chi connectivity index (χ4v) is 4.86. The van der Waals surface area contributed by atoms with E-state index < -0.39 is 11.6 Å². The second-order valence-electron chi connectivity index (χ2n) is 10.1. The molecule has 194 valence electrons. The lowest BCUT2D eigenvalue weighted by Gasteiger charge is -2.29. The third-order valence-corrected chi connectivity index (χ3v) is 7.14. The quantitative estimate of drug-likeness (QED) is 0.233. The van der Waals surface area contributed by atoms with Gasteiger partial charge in [-0.1, -0.05) is 114 Å². The predicted molar refractivity (Wildman–Crippen MR) is 140 cm³/mol. The van der Waals surface area contributed by atoms with Gasteiger partial charge in [0.2, 0.25) is 0 Å². The molecule has 0 aromatic heterocycles. The van der Waals surface area contributed by atoms with Crippen molar-refractivity contribution in [3.8, 4) is 11.1 Å². The molecule has 35 heavy (non-hydrogen) atoms. The number of ether oxygens (including phenoxy) is 2. The number of hydrogen-bond donors (Lipinski definition) is 0. The molecule has 0 N–H and O–H groups in total. The molecule has 2 aromatic carbocycles. The topological polar surface area (TPSA) is 18.5 Å². The Morgan fingerprint density at radius 1 is 0.686 bits per heavy atom. The third-order valence-electron chi connectivity index (χ3n) is 7.14. The Labute approximate surface area is 211 Å². The normalized spacial score (nSPS) is 18.2. The minimum absolute atomic E-state index is 0.300. The summed E-state index contributed by atoms with van der Waals surface area (Å²) in [6.45, 7) is 5.84. The van der Waals surface area contributed by atoms with Crippen LogP contribution in [0.15, 0.2) is 36.4 Å². The van der Waals surface area contributed by atoms with Crippen LogP contribution in [0.3, 0.4) is 0 Å². The first-order valence-electron chi connectivity index (χ1n) is 13.9. The van der Waals surface area contributed by atoms with Gasteiger partial charge in [-0.05, 0) is 30.4 Å². The Kier molecular flexibility index (Phi) is 12.2. The van der Waals surface area contributed by atoms with E-state index in [1.165, 1.54) is 51.4 Å². The molecule has 4 heteroatoms. The number of rotatable bonds is 15. The summed E-state index contributed by atoms with van der Waals surface area (Å²) in [5.74, 6) is -1.01. The van der Waals surface area contributed by atoms with E-state index in [9.17, 15) is 8.78 Å². The van der Waals surface area contributed by atoms with Crippen LogP contribution >= 0.6 is 0 Å². The van der Waals surface area contributed by atoms with Crippen LogP contribution in [-0.2, 0) is 15.9 Å². The molecule has 1 saturated heterocycles. The van der Waals surface area contributed by atoms with Gasteiger partial charge < -0.3 is 9.47 Å². The Balaban J connectivity index is 1.49. The molecule has 0 saturated carbocycles. The van der Waals surface area contributed by atoms with Crippen LogP contribution in [0.1, 0.15) is 108 Å². The maximum absolute atomic E-state index is 14.9. The summed E-state index contributed by atoms with van der Waals surface area (Å²) < 4.78 is 41.5. The molecule has 0 atom stereocenters. The van der Waals surface area contributed by atoms with Gasteiger partial charge in [-0.3, -0.25) is 0 Å². The summed E-state index contributed by atoms with van der Waals surface area (Å²) in [5, 5.41) is 0. The minimum atomic E-state index is -0.756. The van der Waals surface area contributed by atoms with Crippen molar-refractivity contribution in [2.24, 2.45) is 5.92 Å². The second-order valence-corrected chi connectivity index (χ2v) is 10.1. The van der Waals surface area contributed by atoms with Gasteiger partial charge in [0.05, 0.1) is 13.2 Å². The lowest BCUT2D eigenvalue weighted by Crippen LogP contribution is -2.27. The highest BCUT2D eigenvalue weighted by atomic mass is 19.2. The zero-order chi connectivity index (χ0) is 24.9. The van der Waals surface area contributed by atoms with Crippen LogP contribution in [0, 0.1) is 17.6 Å². The summed E-state index contributed by atoms with van der Waals surface area (Å²) >= 11 is 0. The maximum Gasteiger partial charge on any atom is 0.183 e. The largest absolute Gasteiger partial charge is 0.348 e. The first-order chi connectivity index (χ1) is 17.1. The van der Waals surface area contributed by atoms with Crippen LogP contribution in [0.2, 0.25) is 0 Å². The van der Waals surface area contributed by atoms with Gasteiger partial charge in [0.25, 0.3) is 0 Å². The van der Waals surface area contributed by atoms with E-state index in [2.05, 4.69) is 13.8 Å². The van der Waals surface area contributed by atoms with Crippen LogP contribution in [0.5, 0.6) is 0 Å². The molecule has 0 spiro atoms. The van der Waals surface area contributed by atoms with Crippen molar-refractivity contribution in [1.82, 2.24) is 0 Å². The fourth-order valence-electron chi connectivity index (χ4n) is 4.86. The molecule has 1 fully saturated rings. The van der Waals surface area contributed by atoms with Crippen molar-refractivity contribution in [3.05, 3.63) is 59.2 Å². The van der Waals surface area contributed by atoms with Gasteiger partial charge in [0, 0.05) is 17.0 Å². The van der Waals surface area contributed by atoms with E-state index in [0.717, 1.165) is 31.2 Å². The number of halogens is 2. The van der Waals surface area contributed by atoms with Crippen molar-refractivity contribution in [3.63, 3.8) is 0 Å². The highest BCUT2D eigenvalue weighted by molar-refractivity contribution is 5.65. The zero-order valence-corrected chi connectivity index (χ0v) is 21.8. The maximum atomic E-state index is 14.9. The molecular formula is C31H44F2O2. The van der Waals surface area contributed by atoms with Crippen molar-refractivity contribution < 1.29 is 18.3 Å². The molecule has 2 nitrogen and oxygen atoms in total. The number of benzene rings is 2. The summed E-state index contributed by atoms with van der Waals surface area (Å²) in [4.78, 5) is 0. The standard InChI is InChI=1S/C31H44F2O2/c1-3-5-7-9-11-13-15-26-20-21-28(30(33)29(26)32)25-16-18-27(19-17-25)31-34-22-24(23-35-31)14-12-10-8-6-4-2/h16-21,24,31H,3-15,22-23H2,1-2H3.